The van der Waals surface area contributed by atoms with E-state index in [0.717, 1.165) is 0 Å². The smallest absolute Gasteiger partial charge is 0.375 e. The molecule has 0 atom stereocenters. The summed E-state index contributed by atoms with van der Waals surface area (Å²) in [5, 5.41) is 0. The highest BCUT2D eigenvalue weighted by Gasteiger charge is 2.81. The zero-order chi connectivity index (χ0) is 23.0. The van der Waals surface area contributed by atoms with E-state index < -0.39 is 68.0 Å². The summed E-state index contributed by atoms with van der Waals surface area (Å²) in [4.78, 5) is 0. The molecule has 28 heavy (non-hydrogen) atoms. The third-order valence-electron chi connectivity index (χ3n) is 3.09. The van der Waals surface area contributed by atoms with E-state index in [1.54, 1.807) is 0 Å². The van der Waals surface area contributed by atoms with E-state index in [4.69, 9.17) is 0 Å². The van der Waals surface area contributed by atoms with Gasteiger partial charge in [0.1, 0.15) is 6.61 Å². The molecule has 0 bridgehead atoms. The normalized spacial score (nSPS) is 15.9. The Labute approximate surface area is 144 Å². The summed E-state index contributed by atoms with van der Waals surface area (Å²) in [6.07, 6.45) is -18.0. The fraction of sp³-hybridized carbons (Fsp3) is 1.00. The zero-order valence-corrected chi connectivity index (χ0v) is 12.8. The van der Waals surface area contributed by atoms with Crippen molar-refractivity contribution in [1.82, 2.24) is 0 Å². The van der Waals surface area contributed by atoms with Gasteiger partial charge in [-0.15, -0.1) is 0 Å². The largest absolute Gasteiger partial charge is 0.460 e. The number of hydrogen-bond acceptors (Lipinski definition) is 1. The van der Waals surface area contributed by atoms with E-state index in [1.165, 1.54) is 0 Å². The highest BCUT2D eigenvalue weighted by Crippen LogP contribution is 2.54. The topological polar surface area (TPSA) is 9.23 Å². The lowest BCUT2D eigenvalue weighted by atomic mass is 10.00. The number of alkyl halides is 16. The SMILES string of the molecule is FC(F)(F)C(F)(F)C(F)(F)COCCCC(F)(F)C(F)(F)C(F)(F)C(F)(F)F. The van der Waals surface area contributed by atoms with E-state index in [-0.39, 0.29) is 0 Å². The maximum Gasteiger partial charge on any atom is 0.460 e. The van der Waals surface area contributed by atoms with Gasteiger partial charge in [0.2, 0.25) is 0 Å². The van der Waals surface area contributed by atoms with Crippen molar-refractivity contribution >= 4 is 0 Å². The van der Waals surface area contributed by atoms with Crippen LogP contribution in [0.4, 0.5) is 70.2 Å². The molecule has 0 N–H and O–H groups in total. The first-order chi connectivity index (χ1) is 12.0. The lowest BCUT2D eigenvalue weighted by molar-refractivity contribution is -0.397. The lowest BCUT2D eigenvalue weighted by Crippen LogP contribution is -2.60. The molecule has 0 heterocycles. The molecule has 0 aliphatic rings. The average molecular weight is 460 g/mol. The van der Waals surface area contributed by atoms with Crippen LogP contribution in [0, 0.1) is 0 Å². The van der Waals surface area contributed by atoms with Gasteiger partial charge in [0.05, 0.1) is 0 Å². The highest BCUT2D eigenvalue weighted by atomic mass is 19.4. The maximum atomic E-state index is 13.0. The summed E-state index contributed by atoms with van der Waals surface area (Å²) in [6, 6.07) is 0. The van der Waals surface area contributed by atoms with Crippen LogP contribution < -0.4 is 0 Å². The van der Waals surface area contributed by atoms with Crippen molar-refractivity contribution in [3.05, 3.63) is 0 Å². The van der Waals surface area contributed by atoms with Crippen molar-refractivity contribution < 1.29 is 75.0 Å². The Kier molecular flexibility index (Phi) is 7.27. The van der Waals surface area contributed by atoms with Crippen molar-refractivity contribution in [3.63, 3.8) is 0 Å². The van der Waals surface area contributed by atoms with E-state index in [1.807, 2.05) is 0 Å². The lowest BCUT2D eigenvalue weighted by Gasteiger charge is -2.33. The van der Waals surface area contributed by atoms with Crippen LogP contribution in [0.1, 0.15) is 12.8 Å². The van der Waals surface area contributed by atoms with Gasteiger partial charge in [-0.2, -0.15) is 70.2 Å². The molecule has 0 fully saturated rings. The Morgan fingerprint density at radius 2 is 0.857 bits per heavy atom. The number of rotatable bonds is 9. The van der Waals surface area contributed by atoms with Crippen molar-refractivity contribution in [2.24, 2.45) is 0 Å². The minimum atomic E-state index is -7.19. The van der Waals surface area contributed by atoms with Crippen LogP contribution in [0.3, 0.4) is 0 Å². The molecule has 0 aromatic heterocycles. The Hall–Kier alpha value is -1.16. The minimum Gasteiger partial charge on any atom is -0.375 e. The molecule has 0 saturated heterocycles. The molecular weight excluding hydrogens is 452 g/mol. The Morgan fingerprint density at radius 3 is 1.21 bits per heavy atom. The van der Waals surface area contributed by atoms with Crippen LogP contribution in [-0.2, 0) is 4.74 Å². The van der Waals surface area contributed by atoms with E-state index in [9.17, 15) is 70.2 Å². The van der Waals surface area contributed by atoms with Crippen molar-refractivity contribution in [2.45, 2.75) is 54.8 Å². The molecular formula is C11H8F16O. The molecule has 170 valence electrons. The molecule has 0 aromatic carbocycles. The van der Waals surface area contributed by atoms with Gasteiger partial charge >= 0.3 is 42.0 Å². The molecule has 0 rings (SSSR count). The summed E-state index contributed by atoms with van der Waals surface area (Å²) in [5.41, 5.74) is 0. The second kappa shape index (κ2) is 7.59. The molecule has 0 unspecified atom stereocenters. The number of halogens is 16. The maximum absolute atomic E-state index is 13.0. The van der Waals surface area contributed by atoms with Gasteiger partial charge in [-0.1, -0.05) is 0 Å². The van der Waals surface area contributed by atoms with Crippen LogP contribution in [-0.4, -0.2) is 55.2 Å². The molecule has 1 nitrogen and oxygen atoms in total. The molecule has 0 spiro atoms. The van der Waals surface area contributed by atoms with Crippen LogP contribution in [0.15, 0.2) is 0 Å². The first-order valence-electron chi connectivity index (χ1n) is 6.56. The van der Waals surface area contributed by atoms with E-state index >= 15 is 0 Å². The molecule has 0 radical (unpaired) electrons. The summed E-state index contributed by atoms with van der Waals surface area (Å²) >= 11 is 0. The van der Waals surface area contributed by atoms with Crippen LogP contribution in [0.5, 0.6) is 0 Å². The molecule has 0 aromatic rings. The third-order valence-corrected chi connectivity index (χ3v) is 3.09. The molecule has 0 amide bonds. The number of ether oxygens (including phenoxy) is 1. The fourth-order valence-corrected chi connectivity index (χ4v) is 1.46. The van der Waals surface area contributed by atoms with Crippen molar-refractivity contribution in [3.8, 4) is 0 Å². The first kappa shape index (κ1) is 26.8. The Balaban J connectivity index is 4.90. The molecule has 0 aliphatic heterocycles. The second-order valence-electron chi connectivity index (χ2n) is 5.28. The molecule has 17 heteroatoms. The molecule has 0 saturated carbocycles. The van der Waals surface area contributed by atoms with Crippen LogP contribution >= 0.6 is 0 Å². The summed E-state index contributed by atoms with van der Waals surface area (Å²) in [5.74, 6) is -32.8. The van der Waals surface area contributed by atoms with Crippen LogP contribution in [0.2, 0.25) is 0 Å². The van der Waals surface area contributed by atoms with Gasteiger partial charge in [-0.3, -0.25) is 0 Å². The summed E-state index contributed by atoms with van der Waals surface area (Å²) in [7, 11) is 0. The van der Waals surface area contributed by atoms with Crippen LogP contribution in [0.25, 0.3) is 0 Å². The summed E-state index contributed by atoms with van der Waals surface area (Å²) in [6.45, 7) is -4.40. The van der Waals surface area contributed by atoms with Gasteiger partial charge in [0.25, 0.3) is 0 Å². The monoisotopic (exact) mass is 460 g/mol. The van der Waals surface area contributed by atoms with E-state index in [2.05, 4.69) is 4.74 Å². The zero-order valence-electron chi connectivity index (χ0n) is 12.8. The third kappa shape index (κ3) is 4.87. The van der Waals surface area contributed by atoms with Gasteiger partial charge in [0.15, 0.2) is 0 Å². The standard InChI is InChI=1S/C11H8F16O/c12-5(13,7(16,17)9(20,21)11(25,26)27)2-1-3-28-4-6(14,15)8(18,19)10(22,23)24/h1-4H2. The van der Waals surface area contributed by atoms with Gasteiger partial charge in [0, 0.05) is 13.0 Å². The molecule has 0 aliphatic carbocycles. The Bertz CT molecular complexity index is 516. The van der Waals surface area contributed by atoms with Gasteiger partial charge in [-0.25, -0.2) is 0 Å². The van der Waals surface area contributed by atoms with E-state index in [0.29, 0.717) is 0 Å². The van der Waals surface area contributed by atoms with Crippen molar-refractivity contribution in [1.29, 1.82) is 0 Å². The van der Waals surface area contributed by atoms with Crippen molar-refractivity contribution in [2.75, 3.05) is 13.2 Å². The summed E-state index contributed by atoms with van der Waals surface area (Å²) < 4.78 is 201. The predicted molar refractivity (Wildman–Crippen MR) is 56.9 cm³/mol. The predicted octanol–water partition coefficient (Wildman–Crippen LogP) is 6.08. The highest BCUT2D eigenvalue weighted by molar-refractivity contribution is 5.00. The first-order valence-corrected chi connectivity index (χ1v) is 6.56. The fourth-order valence-electron chi connectivity index (χ4n) is 1.46. The number of hydrogen-bond donors (Lipinski definition) is 0. The average Bonchev–Trinajstić information content (AvgIpc) is 2.43. The van der Waals surface area contributed by atoms with Gasteiger partial charge in [-0.05, 0) is 6.42 Å². The van der Waals surface area contributed by atoms with Gasteiger partial charge < -0.3 is 4.74 Å². The second-order valence-corrected chi connectivity index (χ2v) is 5.28. The Morgan fingerprint density at radius 1 is 0.464 bits per heavy atom. The minimum absolute atomic E-state index is 1.66. The quantitative estimate of drug-likeness (QED) is 0.299.